The summed E-state index contributed by atoms with van der Waals surface area (Å²) in [5, 5.41) is 9.66. The number of amides is 1. The van der Waals surface area contributed by atoms with Crippen molar-refractivity contribution in [2.45, 2.75) is 10.1 Å². The Bertz CT molecular complexity index is 1120. The van der Waals surface area contributed by atoms with Crippen molar-refractivity contribution in [2.24, 2.45) is 0 Å². The number of benzene rings is 2. The highest BCUT2D eigenvalue weighted by atomic mass is 32.2. The summed E-state index contributed by atoms with van der Waals surface area (Å²) < 4.78 is 48.8. The standard InChI is InChI=1S/C18H16FN3O5S2/c1-26-14-8-4-5-9-15(14)27-10-16(23)20-17-21-22-18(28-17)29(24,25)11-12-6-2-3-7-13(12)19/h2-9H,10-11H2,1H3,(H,20,21,23). The van der Waals surface area contributed by atoms with Crippen LogP contribution in [-0.4, -0.2) is 38.2 Å². The molecule has 0 saturated heterocycles. The summed E-state index contributed by atoms with van der Waals surface area (Å²) in [6, 6.07) is 12.4. The van der Waals surface area contributed by atoms with Gasteiger partial charge >= 0.3 is 0 Å². The predicted octanol–water partition coefficient (Wildman–Crippen LogP) is 2.68. The maximum atomic E-state index is 13.7. The third kappa shape index (κ3) is 5.27. The lowest BCUT2D eigenvalue weighted by atomic mass is 10.2. The molecule has 0 unspecified atom stereocenters. The summed E-state index contributed by atoms with van der Waals surface area (Å²) in [7, 11) is -2.43. The molecule has 0 atom stereocenters. The number of carbonyl (C=O) groups excluding carboxylic acids is 1. The molecule has 152 valence electrons. The number of methoxy groups -OCH3 is 1. The number of nitrogens with zero attached hydrogens (tertiary/aromatic N) is 2. The van der Waals surface area contributed by atoms with Crippen LogP contribution in [0.3, 0.4) is 0 Å². The van der Waals surface area contributed by atoms with Gasteiger partial charge in [0.05, 0.1) is 12.9 Å². The van der Waals surface area contributed by atoms with E-state index in [0.29, 0.717) is 22.8 Å². The van der Waals surface area contributed by atoms with Crippen LogP contribution in [0.15, 0.2) is 52.9 Å². The number of carbonyl (C=O) groups is 1. The van der Waals surface area contributed by atoms with Crippen molar-refractivity contribution in [2.75, 3.05) is 19.0 Å². The minimum absolute atomic E-state index is 0.00858. The van der Waals surface area contributed by atoms with Crippen molar-refractivity contribution in [3.05, 3.63) is 59.9 Å². The van der Waals surface area contributed by atoms with E-state index in [-0.39, 0.29) is 21.6 Å². The first-order valence-electron chi connectivity index (χ1n) is 8.24. The van der Waals surface area contributed by atoms with Crippen molar-refractivity contribution in [3.63, 3.8) is 0 Å². The van der Waals surface area contributed by atoms with E-state index in [9.17, 15) is 17.6 Å². The number of ether oxygens (including phenoxy) is 2. The molecule has 8 nitrogen and oxygen atoms in total. The molecular weight excluding hydrogens is 421 g/mol. The molecule has 0 aliphatic rings. The molecule has 1 aromatic heterocycles. The topological polar surface area (TPSA) is 107 Å². The molecule has 0 spiro atoms. The summed E-state index contributed by atoms with van der Waals surface area (Å²) in [4.78, 5) is 12.0. The van der Waals surface area contributed by atoms with Crippen LogP contribution in [0.25, 0.3) is 0 Å². The van der Waals surface area contributed by atoms with Gasteiger partial charge in [0.25, 0.3) is 5.91 Å². The molecule has 29 heavy (non-hydrogen) atoms. The van der Waals surface area contributed by atoms with Crippen molar-refractivity contribution in [1.82, 2.24) is 10.2 Å². The molecule has 0 bridgehead atoms. The normalized spacial score (nSPS) is 11.1. The van der Waals surface area contributed by atoms with Crippen molar-refractivity contribution < 1.29 is 27.1 Å². The second-order valence-electron chi connectivity index (χ2n) is 5.71. The van der Waals surface area contributed by atoms with Gasteiger partial charge < -0.3 is 9.47 Å². The maximum Gasteiger partial charge on any atom is 0.264 e. The zero-order chi connectivity index (χ0) is 20.9. The molecule has 0 saturated carbocycles. The quantitative estimate of drug-likeness (QED) is 0.540. The molecule has 1 heterocycles. The van der Waals surface area contributed by atoms with Gasteiger partial charge in [-0.25, -0.2) is 12.8 Å². The van der Waals surface area contributed by atoms with E-state index in [1.54, 1.807) is 30.3 Å². The largest absolute Gasteiger partial charge is 0.493 e. The van der Waals surface area contributed by atoms with Gasteiger partial charge in [0, 0.05) is 5.56 Å². The first kappa shape index (κ1) is 20.7. The molecule has 0 radical (unpaired) electrons. The summed E-state index contributed by atoms with van der Waals surface area (Å²) in [6.07, 6.45) is 0. The minimum Gasteiger partial charge on any atom is -0.493 e. The van der Waals surface area contributed by atoms with Crippen LogP contribution in [-0.2, 0) is 20.4 Å². The van der Waals surface area contributed by atoms with Gasteiger partial charge in [-0.15, -0.1) is 10.2 Å². The third-order valence-electron chi connectivity index (χ3n) is 3.65. The summed E-state index contributed by atoms with van der Waals surface area (Å²) in [5.74, 6) is -0.875. The van der Waals surface area contributed by atoms with Crippen LogP contribution in [0.5, 0.6) is 11.5 Å². The lowest BCUT2D eigenvalue weighted by molar-refractivity contribution is -0.118. The van der Waals surface area contributed by atoms with E-state index < -0.39 is 27.3 Å². The number of rotatable bonds is 8. The van der Waals surface area contributed by atoms with E-state index in [1.165, 1.54) is 25.3 Å². The van der Waals surface area contributed by atoms with Crippen LogP contribution in [0, 0.1) is 5.82 Å². The minimum atomic E-state index is -3.91. The average Bonchev–Trinajstić information content (AvgIpc) is 3.18. The van der Waals surface area contributed by atoms with E-state index in [1.807, 2.05) is 0 Å². The Morgan fingerprint density at radius 2 is 1.79 bits per heavy atom. The predicted molar refractivity (Wildman–Crippen MR) is 104 cm³/mol. The Balaban J connectivity index is 1.62. The Morgan fingerprint density at radius 3 is 2.52 bits per heavy atom. The van der Waals surface area contributed by atoms with Crippen LogP contribution in [0.4, 0.5) is 9.52 Å². The summed E-state index contributed by atoms with van der Waals surface area (Å²) in [5.41, 5.74) is 0.0264. The molecule has 1 N–H and O–H groups in total. The highest BCUT2D eigenvalue weighted by molar-refractivity contribution is 7.92. The molecule has 1 amide bonds. The lowest BCUT2D eigenvalue weighted by Gasteiger charge is -2.09. The van der Waals surface area contributed by atoms with Gasteiger partial charge in [0.2, 0.25) is 19.3 Å². The number of halogens is 1. The van der Waals surface area contributed by atoms with Gasteiger partial charge in [-0.2, -0.15) is 0 Å². The first-order chi connectivity index (χ1) is 13.9. The van der Waals surface area contributed by atoms with Crippen LogP contribution < -0.4 is 14.8 Å². The number of hydrogen-bond acceptors (Lipinski definition) is 8. The number of para-hydroxylation sites is 2. The van der Waals surface area contributed by atoms with Gasteiger partial charge in [-0.05, 0) is 18.2 Å². The highest BCUT2D eigenvalue weighted by Gasteiger charge is 2.23. The van der Waals surface area contributed by atoms with Crippen LogP contribution in [0.1, 0.15) is 5.56 Å². The molecule has 11 heteroatoms. The molecule has 2 aromatic carbocycles. The molecule has 3 aromatic rings. The highest BCUT2D eigenvalue weighted by Crippen LogP contribution is 2.26. The number of nitrogens with one attached hydrogen (secondary N) is 1. The van der Waals surface area contributed by atoms with Crippen LogP contribution in [0.2, 0.25) is 0 Å². The van der Waals surface area contributed by atoms with E-state index in [0.717, 1.165) is 0 Å². The van der Waals surface area contributed by atoms with Gasteiger partial charge in [-0.3, -0.25) is 10.1 Å². The van der Waals surface area contributed by atoms with Crippen molar-refractivity contribution in [1.29, 1.82) is 0 Å². The monoisotopic (exact) mass is 437 g/mol. The van der Waals surface area contributed by atoms with Crippen molar-refractivity contribution >= 4 is 32.2 Å². The second-order valence-corrected chi connectivity index (χ2v) is 8.85. The molecule has 3 rings (SSSR count). The fourth-order valence-electron chi connectivity index (χ4n) is 2.30. The molecular formula is C18H16FN3O5S2. The number of anilines is 1. The SMILES string of the molecule is COc1ccccc1OCC(=O)Nc1nnc(S(=O)(=O)Cc2ccccc2F)s1. The molecule has 0 aliphatic carbocycles. The summed E-state index contributed by atoms with van der Waals surface area (Å²) >= 11 is 0.678. The maximum absolute atomic E-state index is 13.7. The first-order valence-corrected chi connectivity index (χ1v) is 10.7. The fraction of sp³-hybridized carbons (Fsp3) is 0.167. The van der Waals surface area contributed by atoms with E-state index >= 15 is 0 Å². The van der Waals surface area contributed by atoms with Gasteiger partial charge in [-0.1, -0.05) is 41.7 Å². The molecule has 0 aliphatic heterocycles. The number of hydrogen-bond donors (Lipinski definition) is 1. The van der Waals surface area contributed by atoms with Crippen molar-refractivity contribution in [3.8, 4) is 11.5 Å². The number of sulfone groups is 1. The Labute approximate surface area is 170 Å². The van der Waals surface area contributed by atoms with Gasteiger partial charge in [0.1, 0.15) is 5.82 Å². The van der Waals surface area contributed by atoms with Gasteiger partial charge in [0.15, 0.2) is 18.1 Å². The zero-order valence-corrected chi connectivity index (χ0v) is 16.8. The summed E-state index contributed by atoms with van der Waals surface area (Å²) in [6.45, 7) is -0.336. The second kappa shape index (κ2) is 8.97. The smallest absolute Gasteiger partial charge is 0.264 e. The average molecular weight is 437 g/mol. The van der Waals surface area contributed by atoms with Crippen LogP contribution >= 0.6 is 11.3 Å². The number of aromatic nitrogens is 2. The molecule has 0 fully saturated rings. The zero-order valence-electron chi connectivity index (χ0n) is 15.2. The Morgan fingerprint density at radius 1 is 1.10 bits per heavy atom. The van der Waals surface area contributed by atoms with E-state index in [2.05, 4.69) is 15.5 Å². The lowest BCUT2D eigenvalue weighted by Crippen LogP contribution is -2.20. The third-order valence-corrected chi connectivity index (χ3v) is 6.60. The fourth-order valence-corrected chi connectivity index (χ4v) is 4.65. The Hall–Kier alpha value is -3.05. The van der Waals surface area contributed by atoms with E-state index in [4.69, 9.17) is 9.47 Å². The Kier molecular flexibility index (Phi) is 6.39.